The summed E-state index contributed by atoms with van der Waals surface area (Å²) in [6, 6.07) is 19.9. The van der Waals surface area contributed by atoms with Gasteiger partial charge in [-0.2, -0.15) is 5.06 Å². The van der Waals surface area contributed by atoms with E-state index in [0.29, 0.717) is 17.5 Å². The number of esters is 2. The molecule has 14 nitrogen and oxygen atoms in total. The number of carbonyl (C=O) groups excluding carboxylic acids is 4. The first-order valence-electron chi connectivity index (χ1n) is 19.2. The van der Waals surface area contributed by atoms with Crippen LogP contribution in [0.2, 0.25) is 0 Å². The van der Waals surface area contributed by atoms with Gasteiger partial charge in [0.1, 0.15) is 48.0 Å². The molecule has 7 atom stereocenters. The number of hydrogen-bond acceptors (Lipinski definition) is 12. The minimum atomic E-state index is -1.35. The average Bonchev–Trinajstić information content (AvgIpc) is 3.81. The number of rotatable bonds is 14. The number of nitrogens with zero attached hydrogens (tertiary/aromatic N) is 1. The number of phenols is 1. The van der Waals surface area contributed by atoms with Crippen molar-refractivity contribution in [1.29, 1.82) is 0 Å². The van der Waals surface area contributed by atoms with Crippen molar-refractivity contribution in [1.82, 2.24) is 15.7 Å². The van der Waals surface area contributed by atoms with Crippen molar-refractivity contribution < 1.29 is 53.2 Å². The normalized spacial score (nSPS) is 25.8. The highest BCUT2D eigenvalue weighted by Crippen LogP contribution is 2.55. The lowest BCUT2D eigenvalue weighted by molar-refractivity contribution is -0.201. The highest BCUT2D eigenvalue weighted by molar-refractivity contribution is 5.95. The van der Waals surface area contributed by atoms with Crippen LogP contribution in [0.4, 0.5) is 0 Å². The van der Waals surface area contributed by atoms with Crippen LogP contribution < -0.4 is 10.6 Å². The minimum Gasteiger partial charge on any atom is -0.508 e. The number of ether oxygens (including phenoxy) is 4. The van der Waals surface area contributed by atoms with Crippen LogP contribution in [0.25, 0.3) is 6.08 Å². The van der Waals surface area contributed by atoms with Gasteiger partial charge < -0.3 is 39.8 Å². The average molecular weight is 784 g/mol. The minimum absolute atomic E-state index is 0.0164. The number of aliphatic hydroxyl groups excluding tert-OH is 1. The lowest BCUT2D eigenvalue weighted by atomic mass is 9.62. The molecule has 4 fully saturated rings. The number of hydroxylamine groups is 2. The third-order valence-electron chi connectivity index (χ3n) is 10.8. The Kier molecular flexibility index (Phi) is 11.8. The number of hydrogen-bond donors (Lipinski definition) is 4. The molecule has 2 amide bonds. The van der Waals surface area contributed by atoms with E-state index in [0.717, 1.165) is 16.7 Å². The van der Waals surface area contributed by atoms with E-state index in [4.69, 9.17) is 23.8 Å². The lowest BCUT2D eigenvalue weighted by Gasteiger charge is -2.48. The van der Waals surface area contributed by atoms with Crippen LogP contribution in [0.1, 0.15) is 72.6 Å². The zero-order chi connectivity index (χ0) is 40.3. The second kappa shape index (κ2) is 16.8. The molecule has 3 heterocycles. The van der Waals surface area contributed by atoms with Gasteiger partial charge in [0.25, 0.3) is 5.91 Å². The summed E-state index contributed by atoms with van der Waals surface area (Å²) >= 11 is 0. The van der Waals surface area contributed by atoms with E-state index >= 15 is 0 Å². The van der Waals surface area contributed by atoms with Gasteiger partial charge in [0.15, 0.2) is 6.04 Å². The molecule has 3 aliphatic heterocycles. The van der Waals surface area contributed by atoms with E-state index in [1.807, 2.05) is 48.6 Å². The Morgan fingerprint density at radius 3 is 2.54 bits per heavy atom. The van der Waals surface area contributed by atoms with Crippen molar-refractivity contribution in [3.63, 3.8) is 0 Å². The van der Waals surface area contributed by atoms with E-state index in [1.54, 1.807) is 57.2 Å². The molecule has 2 bridgehead atoms. The fraction of sp³-hybridized carbons (Fsp3) is 0.442. The van der Waals surface area contributed by atoms with Gasteiger partial charge in [0, 0.05) is 24.9 Å². The second-order valence-electron chi connectivity index (χ2n) is 15.9. The molecule has 3 saturated heterocycles. The molecule has 57 heavy (non-hydrogen) atoms. The van der Waals surface area contributed by atoms with Crippen molar-refractivity contribution in [2.75, 3.05) is 13.4 Å². The largest absolute Gasteiger partial charge is 0.508 e. The quantitative estimate of drug-likeness (QED) is 0.174. The first-order valence-corrected chi connectivity index (χ1v) is 19.2. The summed E-state index contributed by atoms with van der Waals surface area (Å²) < 4.78 is 23.0. The summed E-state index contributed by atoms with van der Waals surface area (Å²) in [5.41, 5.74) is 1.58. The Balaban J connectivity index is 1.02. The number of fused-ring (bicyclic) bond motifs is 4. The van der Waals surface area contributed by atoms with Gasteiger partial charge in [-0.25, -0.2) is 0 Å². The summed E-state index contributed by atoms with van der Waals surface area (Å²) in [5, 5.41) is 27.3. The Bertz CT molecular complexity index is 2000. The van der Waals surface area contributed by atoms with Crippen LogP contribution >= 0.6 is 0 Å². The number of benzene rings is 3. The molecule has 0 radical (unpaired) electrons. The Morgan fingerprint density at radius 2 is 1.79 bits per heavy atom. The van der Waals surface area contributed by atoms with E-state index in [1.165, 1.54) is 5.06 Å². The topological polar surface area (TPSA) is 182 Å². The van der Waals surface area contributed by atoms with Crippen molar-refractivity contribution >= 4 is 29.8 Å². The van der Waals surface area contributed by atoms with Crippen molar-refractivity contribution in [2.45, 2.75) is 102 Å². The van der Waals surface area contributed by atoms with Gasteiger partial charge in [0.2, 0.25) is 5.91 Å². The first-order chi connectivity index (χ1) is 27.3. The molecule has 1 saturated carbocycles. The standard InChI is InChI=1S/C43H49N3O11/c1-42(2,3)56-34(49)19-18-31(24-47)45-39(50)30-12-7-9-28(20-30)22-44-41(52)43-21-33-35-36(54-25-53-35)38(43)57-46(37(43)40(51)55-33)23-27-16-14-26(15-17-27)8-6-11-29-10-4-5-13-32(29)48/h4-10,12-17,20,31,33,35-38,47-48H,11,18-19,21-25H2,1-3H3,(H,44,52)(H,45,50)/t31-,33+,35-,36-,37-,38+,43-/m0/s1. The van der Waals surface area contributed by atoms with Crippen molar-refractivity contribution in [2.24, 2.45) is 5.41 Å². The summed E-state index contributed by atoms with van der Waals surface area (Å²) in [6.45, 7) is 5.17. The van der Waals surface area contributed by atoms with Gasteiger partial charge in [0.05, 0.1) is 19.2 Å². The molecule has 1 aliphatic carbocycles. The molecule has 4 aliphatic rings. The summed E-state index contributed by atoms with van der Waals surface area (Å²) in [7, 11) is 0. The van der Waals surface area contributed by atoms with Gasteiger partial charge in [-0.1, -0.05) is 66.7 Å². The number of aliphatic hydroxyl groups is 1. The summed E-state index contributed by atoms with van der Waals surface area (Å²) in [6.07, 6.45) is 2.17. The van der Waals surface area contributed by atoms with E-state index < -0.39 is 71.3 Å². The molecule has 3 aromatic carbocycles. The fourth-order valence-electron chi connectivity index (χ4n) is 8.08. The predicted octanol–water partition coefficient (Wildman–Crippen LogP) is 3.72. The van der Waals surface area contributed by atoms with Gasteiger partial charge in [-0.05, 0) is 74.1 Å². The van der Waals surface area contributed by atoms with Crippen molar-refractivity contribution in [3.8, 4) is 5.75 Å². The third kappa shape index (κ3) is 8.75. The lowest BCUT2D eigenvalue weighted by Crippen LogP contribution is -2.69. The molecule has 302 valence electrons. The number of carbonyl (C=O) groups is 4. The SMILES string of the molecule is CC(C)(C)OC(=O)CC[C@@H](CO)NC(=O)c1cccc(CNC(=O)[C@@]23C[C@H]4OC(=O)[C@@H]2N(Cc2ccc(C=CCc5ccccc5O)cc2)O[C@@H]3[C@H]2OCO[C@H]24)c1. The summed E-state index contributed by atoms with van der Waals surface area (Å²) in [5.74, 6) is -1.60. The number of aromatic hydroxyl groups is 1. The van der Waals surface area contributed by atoms with E-state index in [9.17, 15) is 29.4 Å². The Hall–Kier alpha value is -5.12. The van der Waals surface area contributed by atoms with Crippen LogP contribution in [-0.4, -0.2) is 94.5 Å². The number of allylic oxidation sites excluding steroid dienone is 1. The molecular weight excluding hydrogens is 734 g/mol. The Labute approximate surface area is 331 Å². The maximum atomic E-state index is 14.5. The predicted molar refractivity (Wildman–Crippen MR) is 205 cm³/mol. The second-order valence-corrected chi connectivity index (χ2v) is 15.9. The number of phenolic OH excluding ortho intramolecular Hbond substituents is 1. The highest BCUT2D eigenvalue weighted by Gasteiger charge is 2.74. The third-order valence-corrected chi connectivity index (χ3v) is 10.8. The maximum absolute atomic E-state index is 14.5. The number of para-hydroxylation sites is 1. The van der Waals surface area contributed by atoms with Crippen molar-refractivity contribution in [3.05, 3.63) is 107 Å². The van der Waals surface area contributed by atoms with Crippen LogP contribution in [0, 0.1) is 5.41 Å². The van der Waals surface area contributed by atoms with Crippen LogP contribution in [0.15, 0.2) is 78.9 Å². The fourth-order valence-corrected chi connectivity index (χ4v) is 8.08. The molecule has 0 aromatic heterocycles. The highest BCUT2D eigenvalue weighted by atomic mass is 16.8. The van der Waals surface area contributed by atoms with Gasteiger partial charge in [-0.3, -0.25) is 24.0 Å². The molecule has 3 aromatic rings. The molecule has 0 unspecified atom stereocenters. The smallest absolute Gasteiger partial charge is 0.327 e. The molecule has 7 rings (SSSR count). The molecule has 14 heteroatoms. The number of nitrogens with one attached hydrogen (secondary N) is 2. The van der Waals surface area contributed by atoms with Gasteiger partial charge in [-0.15, -0.1) is 0 Å². The monoisotopic (exact) mass is 783 g/mol. The van der Waals surface area contributed by atoms with Gasteiger partial charge >= 0.3 is 11.9 Å². The van der Waals surface area contributed by atoms with E-state index in [-0.39, 0.29) is 51.5 Å². The van der Waals surface area contributed by atoms with Crippen LogP contribution in [0.5, 0.6) is 5.75 Å². The summed E-state index contributed by atoms with van der Waals surface area (Å²) in [4.78, 5) is 60.1. The molecule has 4 N–H and O–H groups in total. The first kappa shape index (κ1) is 40.1. The Morgan fingerprint density at radius 1 is 1.02 bits per heavy atom. The zero-order valence-electron chi connectivity index (χ0n) is 32.2. The van der Waals surface area contributed by atoms with Crippen LogP contribution in [0.3, 0.4) is 0 Å². The molecule has 0 spiro atoms. The van der Waals surface area contributed by atoms with E-state index in [2.05, 4.69) is 10.6 Å². The zero-order valence-corrected chi connectivity index (χ0v) is 32.2. The molecular formula is C43H49N3O11. The van der Waals surface area contributed by atoms with Crippen LogP contribution in [-0.2, 0) is 57.7 Å². The number of amides is 2. The maximum Gasteiger partial charge on any atom is 0.327 e.